The molecule has 24 heavy (non-hydrogen) atoms. The highest BCUT2D eigenvalue weighted by Crippen LogP contribution is 2.64. The van der Waals surface area contributed by atoms with Gasteiger partial charge in [-0.1, -0.05) is 41.0 Å². The lowest BCUT2D eigenvalue weighted by molar-refractivity contribution is -0.128. The van der Waals surface area contributed by atoms with Gasteiger partial charge in [-0.2, -0.15) is 8.42 Å². The van der Waals surface area contributed by atoms with Crippen molar-refractivity contribution in [3.63, 3.8) is 0 Å². The number of carbonyl (C=O) groups is 1. The number of hydrogen-bond donors (Lipinski definition) is 2. The summed E-state index contributed by atoms with van der Waals surface area (Å²) in [5, 5.41) is 0. The Balaban J connectivity index is 0.000000277. The van der Waals surface area contributed by atoms with Gasteiger partial charge in [0.1, 0.15) is 5.78 Å². The lowest BCUT2D eigenvalue weighted by atomic mass is 9.70. The second-order valence-corrected chi connectivity index (χ2v) is 10.2. The van der Waals surface area contributed by atoms with Gasteiger partial charge in [-0.25, -0.2) is 0 Å². The summed E-state index contributed by atoms with van der Waals surface area (Å²) in [5.41, 5.74) is 4.34. The molecular formula is C18H35NO4S. The number of carbonyl (C=O) groups excluding carboxylic acids is 1. The summed E-state index contributed by atoms with van der Waals surface area (Å²) in [6.45, 7) is 11.4. The quantitative estimate of drug-likeness (QED) is 0.708. The van der Waals surface area contributed by atoms with E-state index in [9.17, 15) is 13.2 Å². The summed E-state index contributed by atoms with van der Waals surface area (Å²) in [7, 11) is -4.08. The van der Waals surface area contributed by atoms with E-state index in [1.807, 2.05) is 13.8 Å². The SMILES string of the molecule is CC(C)CCC(C)CN.CC1(C)C2CC[C@@]1(CS(=O)(=O)O)C(=O)C2. The van der Waals surface area contributed by atoms with Crippen LogP contribution in [0.2, 0.25) is 0 Å². The Morgan fingerprint density at radius 3 is 2.17 bits per heavy atom. The summed E-state index contributed by atoms with van der Waals surface area (Å²) < 4.78 is 31.0. The average molecular weight is 362 g/mol. The van der Waals surface area contributed by atoms with Gasteiger partial charge in [0.25, 0.3) is 10.1 Å². The van der Waals surface area contributed by atoms with Crippen LogP contribution in [0.25, 0.3) is 0 Å². The fourth-order valence-electron chi connectivity index (χ4n) is 4.16. The van der Waals surface area contributed by atoms with E-state index < -0.39 is 21.3 Å². The van der Waals surface area contributed by atoms with E-state index in [0.29, 0.717) is 18.8 Å². The maximum atomic E-state index is 11.9. The molecule has 3 atom stereocenters. The lowest BCUT2D eigenvalue weighted by Crippen LogP contribution is -2.42. The summed E-state index contributed by atoms with van der Waals surface area (Å²) in [6, 6.07) is 0. The molecule has 6 heteroatoms. The van der Waals surface area contributed by atoms with E-state index in [1.165, 1.54) is 12.8 Å². The highest BCUT2D eigenvalue weighted by molar-refractivity contribution is 7.85. The number of nitrogens with two attached hydrogens (primary N) is 1. The Morgan fingerprint density at radius 1 is 1.25 bits per heavy atom. The first-order valence-electron chi connectivity index (χ1n) is 9.04. The Bertz CT molecular complexity index is 541. The van der Waals surface area contributed by atoms with Crippen LogP contribution in [0.1, 0.15) is 66.7 Å². The van der Waals surface area contributed by atoms with Crippen LogP contribution < -0.4 is 5.73 Å². The largest absolute Gasteiger partial charge is 0.330 e. The van der Waals surface area contributed by atoms with Gasteiger partial charge >= 0.3 is 0 Å². The van der Waals surface area contributed by atoms with Crippen LogP contribution >= 0.6 is 0 Å². The van der Waals surface area contributed by atoms with Crippen LogP contribution in [0, 0.1) is 28.6 Å². The second kappa shape index (κ2) is 7.83. The van der Waals surface area contributed by atoms with Gasteiger partial charge in [0.05, 0.1) is 11.2 Å². The molecule has 2 fully saturated rings. The van der Waals surface area contributed by atoms with Crippen molar-refractivity contribution >= 4 is 15.9 Å². The summed E-state index contributed by atoms with van der Waals surface area (Å²) in [5.74, 6) is 1.45. The van der Waals surface area contributed by atoms with Crippen molar-refractivity contribution in [1.29, 1.82) is 0 Å². The first kappa shape index (κ1) is 21.6. The number of ketones is 1. The molecule has 2 aliphatic carbocycles. The van der Waals surface area contributed by atoms with E-state index in [0.717, 1.165) is 18.9 Å². The van der Waals surface area contributed by atoms with Gasteiger partial charge in [-0.05, 0) is 49.0 Å². The van der Waals surface area contributed by atoms with Crippen LogP contribution in [-0.4, -0.2) is 31.1 Å². The first-order chi connectivity index (χ1) is 10.9. The third-order valence-corrected chi connectivity index (χ3v) is 7.06. The smallest absolute Gasteiger partial charge is 0.265 e. The lowest BCUT2D eigenvalue weighted by Gasteiger charge is -2.35. The summed E-state index contributed by atoms with van der Waals surface area (Å²) in [4.78, 5) is 11.9. The molecule has 0 radical (unpaired) electrons. The molecule has 5 nitrogen and oxygen atoms in total. The highest BCUT2D eigenvalue weighted by atomic mass is 32.2. The third kappa shape index (κ3) is 4.79. The summed E-state index contributed by atoms with van der Waals surface area (Å²) >= 11 is 0. The Morgan fingerprint density at radius 2 is 1.83 bits per heavy atom. The average Bonchev–Trinajstić information content (AvgIpc) is 2.77. The maximum absolute atomic E-state index is 11.9. The molecule has 0 aromatic heterocycles. The van der Waals surface area contributed by atoms with Crippen LogP contribution in [0.4, 0.5) is 0 Å². The van der Waals surface area contributed by atoms with Crippen LogP contribution in [0.5, 0.6) is 0 Å². The molecule has 142 valence electrons. The third-order valence-electron chi connectivity index (χ3n) is 6.21. The van der Waals surface area contributed by atoms with E-state index in [-0.39, 0.29) is 17.1 Å². The molecule has 0 aromatic rings. The zero-order valence-electron chi connectivity index (χ0n) is 15.8. The van der Waals surface area contributed by atoms with E-state index in [1.54, 1.807) is 0 Å². The number of Topliss-reactive ketones (excluding diaryl/α,β-unsaturated/α-hetero) is 1. The Labute approximate surface area is 147 Å². The van der Waals surface area contributed by atoms with Crippen molar-refractivity contribution in [1.82, 2.24) is 0 Å². The molecule has 0 aromatic carbocycles. The molecule has 3 N–H and O–H groups in total. The predicted molar refractivity (Wildman–Crippen MR) is 97.3 cm³/mol. The van der Waals surface area contributed by atoms with Crippen molar-refractivity contribution in [2.75, 3.05) is 12.3 Å². The molecule has 2 bridgehead atoms. The molecule has 0 amide bonds. The highest BCUT2D eigenvalue weighted by Gasteiger charge is 2.65. The molecular weight excluding hydrogens is 326 g/mol. The fourth-order valence-corrected chi connectivity index (χ4v) is 5.46. The van der Waals surface area contributed by atoms with Crippen LogP contribution in [0.3, 0.4) is 0 Å². The van der Waals surface area contributed by atoms with Crippen LogP contribution in [0.15, 0.2) is 0 Å². The van der Waals surface area contributed by atoms with Crippen molar-refractivity contribution in [2.45, 2.75) is 66.7 Å². The van der Waals surface area contributed by atoms with Gasteiger partial charge in [-0.15, -0.1) is 0 Å². The van der Waals surface area contributed by atoms with Gasteiger partial charge < -0.3 is 5.73 Å². The molecule has 0 spiro atoms. The molecule has 0 saturated heterocycles. The minimum atomic E-state index is -4.08. The topological polar surface area (TPSA) is 97.5 Å². The van der Waals surface area contributed by atoms with Crippen LogP contribution in [-0.2, 0) is 14.9 Å². The van der Waals surface area contributed by atoms with Crippen molar-refractivity contribution < 1.29 is 17.8 Å². The van der Waals surface area contributed by atoms with Crippen molar-refractivity contribution in [2.24, 2.45) is 34.3 Å². The standard InChI is InChI=1S/C10H16O4S.C8H19N/c1-9(2)7-3-4-10(9,8(11)5-7)6-15(12,13)14;1-7(2)4-5-8(3)6-9/h7H,3-6H2,1-2H3,(H,12,13,14);7-8H,4-6,9H2,1-3H3/t7?,10-;/m1./s1. The first-order valence-corrected chi connectivity index (χ1v) is 10.6. The van der Waals surface area contributed by atoms with Gasteiger partial charge in [0.2, 0.25) is 0 Å². The van der Waals surface area contributed by atoms with E-state index >= 15 is 0 Å². The molecule has 0 heterocycles. The predicted octanol–water partition coefficient (Wildman–Crippen LogP) is 3.29. The number of rotatable bonds is 6. The summed E-state index contributed by atoms with van der Waals surface area (Å²) in [6.07, 6.45) is 4.58. The van der Waals surface area contributed by atoms with Crippen molar-refractivity contribution in [3.05, 3.63) is 0 Å². The fraction of sp³-hybridized carbons (Fsp3) is 0.944. The number of hydrogen-bond acceptors (Lipinski definition) is 4. The van der Waals surface area contributed by atoms with Crippen molar-refractivity contribution in [3.8, 4) is 0 Å². The number of fused-ring (bicyclic) bond motifs is 2. The molecule has 0 aliphatic heterocycles. The minimum absolute atomic E-state index is 0.0152. The normalized spacial score (nSPS) is 29.5. The second-order valence-electron chi connectivity index (χ2n) is 8.71. The monoisotopic (exact) mass is 361 g/mol. The molecule has 2 saturated carbocycles. The Kier molecular flexibility index (Phi) is 7.04. The van der Waals surface area contributed by atoms with Gasteiger partial charge in [0.15, 0.2) is 0 Å². The zero-order chi connectivity index (χ0) is 18.8. The molecule has 2 unspecified atom stereocenters. The maximum Gasteiger partial charge on any atom is 0.265 e. The molecule has 2 rings (SSSR count). The Hall–Kier alpha value is -0.460. The van der Waals surface area contributed by atoms with E-state index in [2.05, 4.69) is 20.8 Å². The van der Waals surface area contributed by atoms with E-state index in [4.69, 9.17) is 10.3 Å². The minimum Gasteiger partial charge on any atom is -0.330 e. The molecule has 2 aliphatic rings. The van der Waals surface area contributed by atoms with Gasteiger partial charge in [0, 0.05) is 6.42 Å². The van der Waals surface area contributed by atoms with Gasteiger partial charge in [-0.3, -0.25) is 9.35 Å². The zero-order valence-corrected chi connectivity index (χ0v) is 16.7.